The fourth-order valence-electron chi connectivity index (χ4n) is 4.29. The number of hydrogen-bond acceptors (Lipinski definition) is 18. The van der Waals surface area contributed by atoms with E-state index in [1.807, 2.05) is 9.80 Å². The van der Waals surface area contributed by atoms with Gasteiger partial charge >= 0.3 is 0 Å². The molecule has 0 spiro atoms. The zero-order chi connectivity index (χ0) is 32.6. The molecule has 250 valence electrons. The van der Waals surface area contributed by atoms with Crippen molar-refractivity contribution >= 4 is 67.3 Å². The average molecular weight is 683 g/mol. The molecule has 6 N–H and O–H groups in total. The Balaban J connectivity index is 1.30. The van der Waals surface area contributed by atoms with Crippen molar-refractivity contribution in [2.75, 3.05) is 108 Å². The van der Waals surface area contributed by atoms with Gasteiger partial charge in [0.1, 0.15) is 0 Å². The van der Waals surface area contributed by atoms with Gasteiger partial charge in [-0.05, 0) is 24.3 Å². The molecule has 0 atom stereocenters. The van der Waals surface area contributed by atoms with E-state index in [0.29, 0.717) is 75.9 Å². The molecule has 46 heavy (non-hydrogen) atoms. The first-order valence-corrected chi connectivity index (χ1v) is 17.4. The van der Waals surface area contributed by atoms with Gasteiger partial charge < -0.3 is 40.5 Å². The van der Waals surface area contributed by atoms with Crippen LogP contribution in [0.25, 0.3) is 0 Å². The molecule has 0 saturated carbocycles. The summed E-state index contributed by atoms with van der Waals surface area (Å²) in [5.74, 6) is 0.404. The highest BCUT2D eigenvalue weighted by molar-refractivity contribution is 7.86. The van der Waals surface area contributed by atoms with Gasteiger partial charge in [0.2, 0.25) is 35.7 Å². The molecule has 2 aliphatic rings. The highest BCUT2D eigenvalue weighted by Crippen LogP contribution is 2.23. The largest absolute Gasteiger partial charge is 0.378 e. The molecule has 2 aliphatic heterocycles. The van der Waals surface area contributed by atoms with Crippen molar-refractivity contribution < 1.29 is 35.4 Å². The molecule has 2 saturated heterocycles. The summed E-state index contributed by atoms with van der Waals surface area (Å²) in [4.78, 5) is 30.3. The molecule has 2 aromatic heterocycles. The van der Waals surface area contributed by atoms with Gasteiger partial charge in [-0.1, -0.05) is 0 Å². The number of rotatable bonds is 14. The SMILES string of the molecule is O=S(=O)(O)CCNc1nc(Nc2ccc(Nc3nc(NCCS(=O)(=O)O)nc(N4CCOCC4)n3)cc2)nc(N2CCOCC2)n1. The van der Waals surface area contributed by atoms with E-state index in [4.69, 9.17) is 18.6 Å². The van der Waals surface area contributed by atoms with Crippen molar-refractivity contribution in [2.45, 2.75) is 0 Å². The third-order valence-electron chi connectivity index (χ3n) is 6.52. The van der Waals surface area contributed by atoms with Gasteiger partial charge in [-0.2, -0.15) is 46.7 Å². The van der Waals surface area contributed by atoms with E-state index in [-0.39, 0.29) is 36.9 Å². The van der Waals surface area contributed by atoms with Crippen LogP contribution >= 0.6 is 0 Å². The van der Waals surface area contributed by atoms with Crippen molar-refractivity contribution in [3.63, 3.8) is 0 Å². The topological polar surface area (TPSA) is 259 Å². The molecule has 0 aliphatic carbocycles. The predicted molar refractivity (Wildman–Crippen MR) is 169 cm³/mol. The van der Waals surface area contributed by atoms with Crippen molar-refractivity contribution in [2.24, 2.45) is 0 Å². The molecule has 4 heterocycles. The smallest absolute Gasteiger partial charge is 0.266 e. The summed E-state index contributed by atoms with van der Waals surface area (Å²) in [6.45, 7) is 4.08. The van der Waals surface area contributed by atoms with Crippen molar-refractivity contribution in [1.82, 2.24) is 29.9 Å². The Morgan fingerprint density at radius 2 is 0.935 bits per heavy atom. The van der Waals surface area contributed by atoms with Crippen LogP contribution in [0.4, 0.5) is 47.1 Å². The van der Waals surface area contributed by atoms with Crippen LogP contribution in [-0.4, -0.2) is 133 Å². The first-order chi connectivity index (χ1) is 22.0. The highest BCUT2D eigenvalue weighted by atomic mass is 32.2. The second-order valence-corrected chi connectivity index (χ2v) is 13.2. The van der Waals surface area contributed by atoms with Crippen molar-refractivity contribution in [3.05, 3.63) is 24.3 Å². The van der Waals surface area contributed by atoms with E-state index in [0.717, 1.165) is 0 Å². The van der Waals surface area contributed by atoms with Crippen LogP contribution in [0.15, 0.2) is 24.3 Å². The summed E-state index contributed by atoms with van der Waals surface area (Å²) in [7, 11) is -8.33. The van der Waals surface area contributed by atoms with E-state index >= 15 is 0 Å². The minimum Gasteiger partial charge on any atom is -0.378 e. The Hall–Kier alpha value is -4.22. The number of nitrogens with zero attached hydrogens (tertiary/aromatic N) is 8. The maximum absolute atomic E-state index is 11.1. The van der Waals surface area contributed by atoms with Gasteiger partial charge in [0.05, 0.1) is 37.9 Å². The molecule has 22 heteroatoms. The van der Waals surface area contributed by atoms with Gasteiger partial charge in [0, 0.05) is 50.6 Å². The van der Waals surface area contributed by atoms with Gasteiger partial charge in [-0.25, -0.2) is 0 Å². The van der Waals surface area contributed by atoms with Crippen molar-refractivity contribution in [1.29, 1.82) is 0 Å². The monoisotopic (exact) mass is 682 g/mol. The summed E-state index contributed by atoms with van der Waals surface area (Å²) >= 11 is 0. The summed E-state index contributed by atoms with van der Waals surface area (Å²) in [5, 5.41) is 11.9. The number of anilines is 8. The molecule has 20 nitrogen and oxygen atoms in total. The van der Waals surface area contributed by atoms with E-state index in [1.54, 1.807) is 24.3 Å². The molecular weight excluding hydrogens is 648 g/mol. The summed E-state index contributed by atoms with van der Waals surface area (Å²) in [5.41, 5.74) is 1.26. The Bertz CT molecular complexity index is 1560. The van der Waals surface area contributed by atoms with Gasteiger partial charge in [0.25, 0.3) is 20.2 Å². The minimum atomic E-state index is -4.17. The lowest BCUT2D eigenvalue weighted by Gasteiger charge is -2.27. The molecule has 0 radical (unpaired) electrons. The standard InChI is InChI=1S/C24H34N12O8S2/c37-45(38,39)15-5-25-19-29-21(33-23(31-19)35-7-11-43-12-8-35)27-17-1-2-18(4-3-17)28-22-30-20(26-6-16-46(40,41)42)32-24(34-22)36-9-13-44-14-10-36/h1-4H,5-16H2,(H,37,38,39)(H,40,41,42)(H2,25,27,29,31,33)(H2,26,28,30,32,34). The maximum atomic E-state index is 11.1. The first-order valence-electron chi connectivity index (χ1n) is 14.2. The summed E-state index contributed by atoms with van der Waals surface area (Å²) in [6, 6.07) is 7.06. The Labute approximate surface area is 264 Å². The average Bonchev–Trinajstić information content (AvgIpc) is 3.01. The van der Waals surface area contributed by atoms with Crippen LogP contribution in [0, 0.1) is 0 Å². The minimum absolute atomic E-state index is 0.104. The number of morpholine rings is 2. The lowest BCUT2D eigenvalue weighted by molar-refractivity contribution is 0.122. The van der Waals surface area contributed by atoms with E-state index in [9.17, 15) is 16.8 Å². The number of ether oxygens (including phenoxy) is 2. The molecule has 1 aromatic carbocycles. The quantitative estimate of drug-likeness (QED) is 0.120. The molecule has 0 unspecified atom stereocenters. The maximum Gasteiger partial charge on any atom is 0.266 e. The number of aromatic nitrogens is 6. The number of hydrogen-bond donors (Lipinski definition) is 6. The first kappa shape index (κ1) is 33.2. The molecule has 0 bridgehead atoms. The van der Waals surface area contributed by atoms with Crippen LogP contribution < -0.4 is 31.1 Å². The highest BCUT2D eigenvalue weighted by Gasteiger charge is 2.19. The second kappa shape index (κ2) is 14.9. The molecule has 5 rings (SSSR count). The van der Waals surface area contributed by atoms with E-state index in [2.05, 4.69) is 51.2 Å². The van der Waals surface area contributed by atoms with Crippen LogP contribution in [0.3, 0.4) is 0 Å². The Kier molecular flexibility index (Phi) is 10.7. The van der Waals surface area contributed by atoms with Crippen LogP contribution in [0.2, 0.25) is 0 Å². The fourth-order valence-corrected chi connectivity index (χ4v) is 5.01. The third kappa shape index (κ3) is 10.4. The van der Waals surface area contributed by atoms with Crippen LogP contribution in [0.1, 0.15) is 0 Å². The molecule has 0 amide bonds. The summed E-state index contributed by atoms with van der Waals surface area (Å²) in [6.07, 6.45) is 0. The van der Waals surface area contributed by atoms with Gasteiger partial charge in [-0.15, -0.1) is 0 Å². The normalized spacial score (nSPS) is 15.8. The molecule has 3 aromatic rings. The number of benzene rings is 1. The fraction of sp³-hybridized carbons (Fsp3) is 0.500. The zero-order valence-electron chi connectivity index (χ0n) is 24.5. The third-order valence-corrected chi connectivity index (χ3v) is 7.96. The Morgan fingerprint density at radius 1 is 0.587 bits per heavy atom. The molecular formula is C24H34N12O8S2. The van der Waals surface area contributed by atoms with Gasteiger partial charge in [-0.3, -0.25) is 9.11 Å². The van der Waals surface area contributed by atoms with E-state index in [1.165, 1.54) is 0 Å². The zero-order valence-corrected chi connectivity index (χ0v) is 26.2. The van der Waals surface area contributed by atoms with Crippen molar-refractivity contribution in [3.8, 4) is 0 Å². The molecule has 2 fully saturated rings. The number of nitrogens with one attached hydrogen (secondary N) is 4. The predicted octanol–water partition coefficient (Wildman–Crippen LogP) is -0.184. The lowest BCUT2D eigenvalue weighted by atomic mass is 10.3. The van der Waals surface area contributed by atoms with Crippen LogP contribution in [-0.2, 0) is 29.7 Å². The summed E-state index contributed by atoms with van der Waals surface area (Å²) < 4.78 is 73.5. The second-order valence-electron chi connectivity index (χ2n) is 10.0. The Morgan fingerprint density at radius 3 is 1.28 bits per heavy atom. The van der Waals surface area contributed by atoms with Gasteiger partial charge in [0.15, 0.2) is 0 Å². The van der Waals surface area contributed by atoms with Crippen LogP contribution in [0.5, 0.6) is 0 Å². The lowest BCUT2D eigenvalue weighted by Crippen LogP contribution is -2.37. The van der Waals surface area contributed by atoms with E-state index < -0.39 is 31.7 Å².